The summed E-state index contributed by atoms with van der Waals surface area (Å²) < 4.78 is 11.8. The summed E-state index contributed by atoms with van der Waals surface area (Å²) in [7, 11) is 0. The molecular weight excluding hydrogens is 332 g/mol. The number of carbonyl (C=O) groups excluding carboxylic acids is 1. The second-order valence-electron chi connectivity index (χ2n) is 6.60. The van der Waals surface area contributed by atoms with E-state index < -0.39 is 5.91 Å². The number of primary amides is 1. The molecule has 0 radical (unpaired) electrons. The van der Waals surface area contributed by atoms with Gasteiger partial charge in [-0.25, -0.2) is 4.98 Å². The third-order valence-corrected chi connectivity index (χ3v) is 4.23. The SMILES string of the molecule is CC(C)Oc1cc2c(O[C@@H]3CCCNC3)ncc(C#N)c2cc1C(N)=O. The number of fused-ring (bicyclic) bond motifs is 1. The average molecular weight is 354 g/mol. The quantitative estimate of drug-likeness (QED) is 0.851. The molecule has 0 unspecified atom stereocenters. The Morgan fingerprint density at radius 3 is 2.85 bits per heavy atom. The van der Waals surface area contributed by atoms with Crippen molar-refractivity contribution < 1.29 is 14.3 Å². The predicted molar refractivity (Wildman–Crippen MR) is 97.3 cm³/mol. The molecule has 0 saturated carbocycles. The number of nitriles is 1. The molecule has 2 aromatic rings. The fraction of sp³-hybridized carbons (Fsp3) is 0.421. The number of nitrogens with zero attached hydrogens (tertiary/aromatic N) is 2. The third-order valence-electron chi connectivity index (χ3n) is 4.23. The molecule has 0 aliphatic carbocycles. The number of carbonyl (C=O) groups is 1. The van der Waals surface area contributed by atoms with Crippen LogP contribution in [0.25, 0.3) is 10.8 Å². The van der Waals surface area contributed by atoms with E-state index in [2.05, 4.69) is 16.4 Å². The van der Waals surface area contributed by atoms with E-state index in [4.69, 9.17) is 15.2 Å². The fourth-order valence-electron chi connectivity index (χ4n) is 3.05. The third kappa shape index (κ3) is 3.70. The van der Waals surface area contributed by atoms with Gasteiger partial charge in [0.1, 0.15) is 17.9 Å². The molecule has 1 aromatic heterocycles. The second-order valence-corrected chi connectivity index (χ2v) is 6.60. The molecule has 1 aromatic carbocycles. The lowest BCUT2D eigenvalue weighted by Crippen LogP contribution is -2.37. The van der Waals surface area contributed by atoms with Gasteiger partial charge in [0.15, 0.2) is 0 Å². The minimum Gasteiger partial charge on any atom is -0.490 e. The largest absolute Gasteiger partial charge is 0.490 e. The molecule has 1 aliphatic rings. The van der Waals surface area contributed by atoms with Gasteiger partial charge in [-0.05, 0) is 45.4 Å². The first kappa shape index (κ1) is 18.0. The lowest BCUT2D eigenvalue weighted by Gasteiger charge is -2.24. The Hall–Kier alpha value is -2.85. The molecular formula is C19H22N4O3. The molecule has 1 amide bonds. The summed E-state index contributed by atoms with van der Waals surface area (Å²) in [6.45, 7) is 5.46. The highest BCUT2D eigenvalue weighted by atomic mass is 16.5. The van der Waals surface area contributed by atoms with E-state index in [0.717, 1.165) is 25.9 Å². The molecule has 0 bridgehead atoms. The molecule has 1 fully saturated rings. The molecule has 3 rings (SSSR count). The number of rotatable bonds is 5. The van der Waals surface area contributed by atoms with Gasteiger partial charge in [-0.15, -0.1) is 0 Å². The Labute approximate surface area is 152 Å². The van der Waals surface area contributed by atoms with Crippen LogP contribution in [-0.2, 0) is 0 Å². The van der Waals surface area contributed by atoms with Gasteiger partial charge in [0.2, 0.25) is 5.88 Å². The summed E-state index contributed by atoms with van der Waals surface area (Å²) in [6.07, 6.45) is 3.31. The second kappa shape index (κ2) is 7.58. The zero-order chi connectivity index (χ0) is 18.7. The van der Waals surface area contributed by atoms with Crippen LogP contribution in [-0.4, -0.2) is 36.2 Å². The van der Waals surface area contributed by atoms with E-state index in [9.17, 15) is 10.1 Å². The average Bonchev–Trinajstić information content (AvgIpc) is 2.62. The molecule has 1 saturated heterocycles. The Bertz CT molecular complexity index is 867. The van der Waals surface area contributed by atoms with Crippen LogP contribution in [0.3, 0.4) is 0 Å². The highest BCUT2D eigenvalue weighted by molar-refractivity contribution is 6.03. The van der Waals surface area contributed by atoms with Gasteiger partial charge in [-0.3, -0.25) is 4.79 Å². The number of pyridine rings is 1. The predicted octanol–water partition coefficient (Wildman–Crippen LogP) is 2.12. The molecule has 26 heavy (non-hydrogen) atoms. The maximum Gasteiger partial charge on any atom is 0.252 e. The Morgan fingerprint density at radius 1 is 1.42 bits per heavy atom. The monoisotopic (exact) mass is 354 g/mol. The number of hydrogen-bond donors (Lipinski definition) is 2. The van der Waals surface area contributed by atoms with E-state index in [-0.39, 0.29) is 17.8 Å². The van der Waals surface area contributed by atoms with Gasteiger partial charge in [0, 0.05) is 23.5 Å². The Kier molecular flexibility index (Phi) is 5.24. The fourth-order valence-corrected chi connectivity index (χ4v) is 3.05. The van der Waals surface area contributed by atoms with Crippen molar-refractivity contribution in [1.82, 2.24) is 10.3 Å². The molecule has 7 nitrogen and oxygen atoms in total. The van der Waals surface area contributed by atoms with E-state index in [1.807, 2.05) is 13.8 Å². The van der Waals surface area contributed by atoms with Gasteiger partial charge in [0.25, 0.3) is 5.91 Å². The molecule has 2 heterocycles. The summed E-state index contributed by atoms with van der Waals surface area (Å²) in [5.41, 5.74) is 6.09. The van der Waals surface area contributed by atoms with Crippen LogP contribution in [0.2, 0.25) is 0 Å². The van der Waals surface area contributed by atoms with Gasteiger partial charge >= 0.3 is 0 Å². The van der Waals surface area contributed by atoms with Crippen LogP contribution in [0.15, 0.2) is 18.3 Å². The molecule has 1 atom stereocenters. The molecule has 7 heteroatoms. The highest BCUT2D eigenvalue weighted by Gasteiger charge is 2.20. The van der Waals surface area contributed by atoms with Gasteiger partial charge in [-0.2, -0.15) is 5.26 Å². The lowest BCUT2D eigenvalue weighted by atomic mass is 10.0. The van der Waals surface area contributed by atoms with Crippen molar-refractivity contribution in [3.8, 4) is 17.7 Å². The van der Waals surface area contributed by atoms with Gasteiger partial charge in [0.05, 0.1) is 17.2 Å². The van der Waals surface area contributed by atoms with E-state index in [1.54, 1.807) is 12.1 Å². The van der Waals surface area contributed by atoms with Crippen molar-refractivity contribution in [3.63, 3.8) is 0 Å². The number of amides is 1. The van der Waals surface area contributed by atoms with Crippen molar-refractivity contribution >= 4 is 16.7 Å². The van der Waals surface area contributed by atoms with Gasteiger partial charge in [-0.1, -0.05) is 0 Å². The number of nitrogens with one attached hydrogen (secondary N) is 1. The summed E-state index contributed by atoms with van der Waals surface area (Å²) in [5.74, 6) is 0.183. The highest BCUT2D eigenvalue weighted by Crippen LogP contribution is 2.34. The van der Waals surface area contributed by atoms with Crippen LogP contribution in [0.1, 0.15) is 42.6 Å². The Morgan fingerprint density at radius 2 is 2.23 bits per heavy atom. The van der Waals surface area contributed by atoms with E-state index in [0.29, 0.717) is 28.0 Å². The molecule has 3 N–H and O–H groups in total. The zero-order valence-corrected chi connectivity index (χ0v) is 14.9. The van der Waals surface area contributed by atoms with Crippen LogP contribution in [0, 0.1) is 11.3 Å². The van der Waals surface area contributed by atoms with Crippen molar-refractivity contribution in [2.45, 2.75) is 38.9 Å². The number of ether oxygens (including phenoxy) is 2. The topological polar surface area (TPSA) is 110 Å². The van der Waals surface area contributed by atoms with Crippen LogP contribution < -0.4 is 20.5 Å². The molecule has 0 spiro atoms. The smallest absolute Gasteiger partial charge is 0.252 e. The number of aromatic nitrogens is 1. The first-order chi connectivity index (χ1) is 12.5. The molecule has 1 aliphatic heterocycles. The van der Waals surface area contributed by atoms with Crippen molar-refractivity contribution in [1.29, 1.82) is 5.26 Å². The maximum atomic E-state index is 11.9. The van der Waals surface area contributed by atoms with Crippen molar-refractivity contribution in [2.75, 3.05) is 13.1 Å². The summed E-state index contributed by atoms with van der Waals surface area (Å²) >= 11 is 0. The first-order valence-corrected chi connectivity index (χ1v) is 8.70. The number of piperidine rings is 1. The van der Waals surface area contributed by atoms with E-state index >= 15 is 0 Å². The van der Waals surface area contributed by atoms with Crippen LogP contribution >= 0.6 is 0 Å². The van der Waals surface area contributed by atoms with Crippen LogP contribution in [0.5, 0.6) is 11.6 Å². The zero-order valence-electron chi connectivity index (χ0n) is 14.9. The minimum absolute atomic E-state index is 0.0117. The number of benzene rings is 1. The van der Waals surface area contributed by atoms with E-state index in [1.165, 1.54) is 6.20 Å². The minimum atomic E-state index is -0.609. The number of hydrogen-bond acceptors (Lipinski definition) is 6. The lowest BCUT2D eigenvalue weighted by molar-refractivity contribution is 0.0994. The molecule has 136 valence electrons. The van der Waals surface area contributed by atoms with Gasteiger partial charge < -0.3 is 20.5 Å². The van der Waals surface area contributed by atoms with Crippen LogP contribution in [0.4, 0.5) is 0 Å². The Balaban J connectivity index is 2.13. The first-order valence-electron chi connectivity index (χ1n) is 8.70. The van der Waals surface area contributed by atoms with Crippen molar-refractivity contribution in [2.24, 2.45) is 5.73 Å². The van der Waals surface area contributed by atoms with Crippen molar-refractivity contribution in [3.05, 3.63) is 29.5 Å². The normalized spacial score (nSPS) is 17.1. The summed E-state index contributed by atoms with van der Waals surface area (Å²) in [4.78, 5) is 16.2. The summed E-state index contributed by atoms with van der Waals surface area (Å²) in [5, 5.41) is 13.9. The standard InChI is InChI=1S/C19H22N4O3/c1-11(2)25-17-7-15-14(6-16(17)18(21)24)12(8-20)9-23-19(15)26-13-4-3-5-22-10-13/h6-7,9,11,13,22H,3-5,10H2,1-2H3,(H2,21,24)/t13-/m1/s1. The summed E-state index contributed by atoms with van der Waals surface area (Å²) in [6, 6.07) is 5.38. The maximum absolute atomic E-state index is 11.9. The number of nitrogens with two attached hydrogens (primary N) is 1.